The van der Waals surface area contributed by atoms with E-state index in [1.165, 1.54) is 29.8 Å². The second-order valence-electron chi connectivity index (χ2n) is 8.40. The van der Waals surface area contributed by atoms with Crippen molar-refractivity contribution in [3.63, 3.8) is 0 Å². The molecule has 1 aliphatic rings. The largest absolute Gasteiger partial charge is 0.299 e. The molecule has 0 aliphatic carbocycles. The molecule has 1 heterocycles. The lowest BCUT2D eigenvalue weighted by molar-refractivity contribution is 0.200. The molecule has 0 saturated carbocycles. The van der Waals surface area contributed by atoms with E-state index in [1.807, 2.05) is 18.2 Å². The Kier molecular flexibility index (Phi) is 6.99. The van der Waals surface area contributed by atoms with E-state index in [-0.39, 0.29) is 20.7 Å². The van der Waals surface area contributed by atoms with Crippen LogP contribution in [0, 0.1) is 6.92 Å². The summed E-state index contributed by atoms with van der Waals surface area (Å²) in [7, 11) is -7.67. The Morgan fingerprint density at radius 1 is 0.818 bits per heavy atom. The SMILES string of the molecule is Cc1ccc(S(=O)(=O)c2ccccc2)cc1S(=O)(=O)NC1CCN(Cc2ccccc2)CC1. The third kappa shape index (κ3) is 5.52. The zero-order valence-corrected chi connectivity index (χ0v) is 20.1. The van der Waals surface area contributed by atoms with Crippen molar-refractivity contribution in [1.82, 2.24) is 9.62 Å². The van der Waals surface area contributed by atoms with Gasteiger partial charge in [0, 0.05) is 25.7 Å². The number of nitrogens with one attached hydrogen (secondary N) is 1. The summed E-state index contributed by atoms with van der Waals surface area (Å²) in [6.07, 6.45) is 1.40. The Hall–Kier alpha value is -2.52. The van der Waals surface area contributed by atoms with Gasteiger partial charge in [-0.3, -0.25) is 4.90 Å². The normalized spacial score (nSPS) is 16.0. The molecule has 0 atom stereocenters. The lowest BCUT2D eigenvalue weighted by Crippen LogP contribution is -2.44. The summed E-state index contributed by atoms with van der Waals surface area (Å²) in [6, 6.07) is 22.3. The molecule has 174 valence electrons. The van der Waals surface area contributed by atoms with Gasteiger partial charge in [-0.25, -0.2) is 21.6 Å². The minimum absolute atomic E-state index is 0.00576. The zero-order chi connectivity index (χ0) is 23.5. The topological polar surface area (TPSA) is 83.5 Å². The maximum Gasteiger partial charge on any atom is 0.241 e. The molecular formula is C25H28N2O4S2. The van der Waals surface area contributed by atoms with Gasteiger partial charge in [-0.1, -0.05) is 54.6 Å². The number of piperidine rings is 1. The lowest BCUT2D eigenvalue weighted by Gasteiger charge is -2.32. The highest BCUT2D eigenvalue weighted by molar-refractivity contribution is 7.91. The molecule has 0 spiro atoms. The van der Waals surface area contributed by atoms with Gasteiger partial charge in [0.1, 0.15) is 0 Å². The van der Waals surface area contributed by atoms with Crippen LogP contribution in [0.2, 0.25) is 0 Å². The van der Waals surface area contributed by atoms with Crippen molar-refractivity contribution in [2.75, 3.05) is 13.1 Å². The molecule has 0 aromatic heterocycles. The lowest BCUT2D eigenvalue weighted by atomic mass is 10.1. The second-order valence-corrected chi connectivity index (χ2v) is 12.0. The average molecular weight is 485 g/mol. The summed E-state index contributed by atoms with van der Waals surface area (Å²) in [5.74, 6) is 0. The number of benzene rings is 3. The summed E-state index contributed by atoms with van der Waals surface area (Å²) in [6.45, 7) is 4.11. The molecule has 0 radical (unpaired) electrons. The first-order valence-corrected chi connectivity index (χ1v) is 13.9. The fourth-order valence-electron chi connectivity index (χ4n) is 4.11. The van der Waals surface area contributed by atoms with E-state index in [1.54, 1.807) is 31.2 Å². The Balaban J connectivity index is 1.47. The molecule has 1 saturated heterocycles. The number of nitrogens with zero attached hydrogens (tertiary/aromatic N) is 1. The first-order chi connectivity index (χ1) is 15.8. The molecular weight excluding hydrogens is 456 g/mol. The van der Waals surface area contributed by atoms with E-state index < -0.39 is 19.9 Å². The van der Waals surface area contributed by atoms with Crippen molar-refractivity contribution in [1.29, 1.82) is 0 Å². The standard InChI is InChI=1S/C25H28N2O4S2/c1-20-12-13-24(32(28,29)23-10-6-3-7-11-23)18-25(20)33(30,31)26-22-14-16-27(17-15-22)19-21-8-4-2-5-9-21/h2-13,18,22,26H,14-17,19H2,1H3. The number of aryl methyl sites for hydroxylation is 1. The Labute approximate surface area is 196 Å². The van der Waals surface area contributed by atoms with Crippen molar-refractivity contribution in [3.8, 4) is 0 Å². The van der Waals surface area contributed by atoms with Gasteiger partial charge in [-0.2, -0.15) is 0 Å². The smallest absolute Gasteiger partial charge is 0.241 e. The monoisotopic (exact) mass is 484 g/mol. The Morgan fingerprint density at radius 2 is 1.42 bits per heavy atom. The number of hydrogen-bond donors (Lipinski definition) is 1. The van der Waals surface area contributed by atoms with Crippen LogP contribution in [0.4, 0.5) is 0 Å². The molecule has 33 heavy (non-hydrogen) atoms. The van der Waals surface area contributed by atoms with Gasteiger partial charge >= 0.3 is 0 Å². The fourth-order valence-corrected chi connectivity index (χ4v) is 7.06. The van der Waals surface area contributed by atoms with Gasteiger partial charge in [0.15, 0.2) is 0 Å². The molecule has 6 nitrogen and oxygen atoms in total. The summed E-state index contributed by atoms with van der Waals surface area (Å²) >= 11 is 0. The van der Waals surface area contributed by atoms with Gasteiger partial charge in [0.25, 0.3) is 0 Å². The molecule has 3 aromatic rings. The van der Waals surface area contributed by atoms with E-state index in [2.05, 4.69) is 21.8 Å². The first kappa shape index (κ1) is 23.6. The number of sulfone groups is 1. The van der Waals surface area contributed by atoms with Crippen molar-refractivity contribution >= 4 is 19.9 Å². The van der Waals surface area contributed by atoms with Gasteiger partial charge < -0.3 is 0 Å². The Morgan fingerprint density at radius 3 is 2.06 bits per heavy atom. The van der Waals surface area contributed by atoms with Crippen LogP contribution in [0.1, 0.15) is 24.0 Å². The predicted molar refractivity (Wildman–Crippen MR) is 128 cm³/mol. The van der Waals surface area contributed by atoms with Crippen LogP contribution in [-0.4, -0.2) is 40.9 Å². The summed E-state index contributed by atoms with van der Waals surface area (Å²) < 4.78 is 55.1. The third-order valence-corrected chi connectivity index (χ3v) is 9.40. The summed E-state index contributed by atoms with van der Waals surface area (Å²) in [5.41, 5.74) is 1.75. The Bertz CT molecular complexity index is 1300. The molecule has 3 aromatic carbocycles. The molecule has 0 unspecified atom stereocenters. The van der Waals surface area contributed by atoms with Gasteiger partial charge in [0.2, 0.25) is 19.9 Å². The highest BCUT2D eigenvalue weighted by Crippen LogP contribution is 2.26. The zero-order valence-electron chi connectivity index (χ0n) is 18.5. The molecule has 1 fully saturated rings. The van der Waals surface area contributed by atoms with Crippen molar-refractivity contribution < 1.29 is 16.8 Å². The number of sulfonamides is 1. The number of likely N-dealkylation sites (tertiary alicyclic amines) is 1. The number of hydrogen-bond acceptors (Lipinski definition) is 5. The van der Waals surface area contributed by atoms with Crippen LogP contribution < -0.4 is 4.72 Å². The van der Waals surface area contributed by atoms with Gasteiger partial charge in [-0.15, -0.1) is 0 Å². The second kappa shape index (κ2) is 9.77. The average Bonchev–Trinajstić information content (AvgIpc) is 2.81. The first-order valence-electron chi connectivity index (χ1n) is 10.9. The third-order valence-electron chi connectivity index (χ3n) is 5.97. The number of rotatable bonds is 7. The van der Waals surface area contributed by atoms with Crippen LogP contribution >= 0.6 is 0 Å². The maximum absolute atomic E-state index is 13.2. The van der Waals surface area contributed by atoms with Crippen molar-refractivity contribution in [2.45, 2.75) is 47.0 Å². The highest BCUT2D eigenvalue weighted by atomic mass is 32.2. The van der Waals surface area contributed by atoms with E-state index in [0.29, 0.717) is 18.4 Å². The van der Waals surface area contributed by atoms with Crippen molar-refractivity contribution in [2.24, 2.45) is 0 Å². The molecule has 4 rings (SSSR count). The molecule has 0 amide bonds. The summed E-state index contributed by atoms with van der Waals surface area (Å²) in [5, 5.41) is 0. The quantitative estimate of drug-likeness (QED) is 0.552. The summed E-state index contributed by atoms with van der Waals surface area (Å²) in [4.78, 5) is 2.43. The van der Waals surface area contributed by atoms with E-state index >= 15 is 0 Å². The van der Waals surface area contributed by atoms with E-state index in [9.17, 15) is 16.8 Å². The molecule has 1 N–H and O–H groups in total. The van der Waals surface area contributed by atoms with E-state index in [4.69, 9.17) is 0 Å². The van der Waals surface area contributed by atoms with Crippen LogP contribution in [0.15, 0.2) is 93.5 Å². The van der Waals surface area contributed by atoms with Crippen LogP contribution in [0.3, 0.4) is 0 Å². The van der Waals surface area contributed by atoms with Crippen LogP contribution in [0.5, 0.6) is 0 Å². The van der Waals surface area contributed by atoms with Crippen molar-refractivity contribution in [3.05, 3.63) is 90.0 Å². The predicted octanol–water partition coefficient (Wildman–Crippen LogP) is 3.77. The van der Waals surface area contributed by atoms with Gasteiger partial charge in [0.05, 0.1) is 14.7 Å². The van der Waals surface area contributed by atoms with Gasteiger partial charge in [-0.05, 0) is 55.2 Å². The molecule has 8 heteroatoms. The highest BCUT2D eigenvalue weighted by Gasteiger charge is 2.27. The molecule has 0 bridgehead atoms. The van der Waals surface area contributed by atoms with E-state index in [0.717, 1.165) is 19.6 Å². The maximum atomic E-state index is 13.2. The minimum Gasteiger partial charge on any atom is -0.299 e. The van der Waals surface area contributed by atoms with Crippen LogP contribution in [0.25, 0.3) is 0 Å². The fraction of sp³-hybridized carbons (Fsp3) is 0.280. The minimum atomic E-state index is -3.86. The molecule has 1 aliphatic heterocycles. The van der Waals surface area contributed by atoms with Crippen LogP contribution in [-0.2, 0) is 26.4 Å².